The summed E-state index contributed by atoms with van der Waals surface area (Å²) in [5.74, 6) is 1.01. The van der Waals surface area contributed by atoms with E-state index in [2.05, 4.69) is 0 Å². The molecule has 0 N–H and O–H groups in total. The molecule has 150 valence electrons. The van der Waals surface area contributed by atoms with E-state index in [1.807, 2.05) is 12.1 Å². The van der Waals surface area contributed by atoms with Gasteiger partial charge in [0.25, 0.3) is 5.91 Å². The Morgan fingerprint density at radius 3 is 2.36 bits per heavy atom. The fraction of sp³-hybridized carbons (Fsp3) is 0.350. The van der Waals surface area contributed by atoms with Crippen LogP contribution in [0.25, 0.3) is 0 Å². The average Bonchev–Trinajstić information content (AvgIpc) is 3.16. The van der Waals surface area contributed by atoms with Crippen LogP contribution in [0.3, 0.4) is 0 Å². The van der Waals surface area contributed by atoms with Gasteiger partial charge in [0.15, 0.2) is 11.5 Å². The third-order valence-electron chi connectivity index (χ3n) is 4.64. The van der Waals surface area contributed by atoms with Gasteiger partial charge in [-0.05, 0) is 66.6 Å². The van der Waals surface area contributed by atoms with Crippen molar-refractivity contribution in [2.24, 2.45) is 0 Å². The topological polar surface area (TPSA) is 38.8 Å². The predicted octanol–water partition coefficient (Wildman–Crippen LogP) is 5.29. The molecule has 2 aromatic carbocycles. The number of hydrogen-bond donors (Lipinski definition) is 0. The lowest BCUT2D eigenvalue weighted by molar-refractivity contribution is -0.0328. The first-order chi connectivity index (χ1) is 13.3. The highest BCUT2D eigenvalue weighted by molar-refractivity contribution is 8.00. The lowest BCUT2D eigenvalue weighted by atomic mass is 10.0. The van der Waals surface area contributed by atoms with Crippen LogP contribution < -0.4 is 9.47 Å². The minimum atomic E-state index is -4.35. The minimum absolute atomic E-state index is 0.0573. The number of methoxy groups -OCH3 is 2. The molecule has 1 heterocycles. The highest BCUT2D eigenvalue weighted by atomic mass is 32.2. The smallest absolute Gasteiger partial charge is 0.446 e. The number of rotatable bonds is 5. The fourth-order valence-corrected chi connectivity index (χ4v) is 3.92. The van der Waals surface area contributed by atoms with Crippen LogP contribution in [0.5, 0.6) is 11.5 Å². The van der Waals surface area contributed by atoms with Crippen LogP contribution in [0.1, 0.15) is 34.8 Å². The van der Waals surface area contributed by atoms with Crippen molar-refractivity contribution in [1.82, 2.24) is 4.90 Å². The van der Waals surface area contributed by atoms with E-state index in [0.717, 1.165) is 18.4 Å². The Bertz CT molecular complexity index is 840. The lowest BCUT2D eigenvalue weighted by Crippen LogP contribution is -2.30. The number of carbonyl (C=O) groups is 1. The standard InChI is InChI=1S/C20H20F3NO3S/c1-26-17-10-7-14(12-18(17)27-2)16-4-3-11-24(16)19(25)13-5-8-15(9-6-13)28-20(21,22)23/h5-10,12,16H,3-4,11H2,1-2H3. The van der Waals surface area contributed by atoms with Crippen molar-refractivity contribution in [2.45, 2.75) is 29.3 Å². The first-order valence-corrected chi connectivity index (χ1v) is 9.52. The predicted molar refractivity (Wildman–Crippen MR) is 101 cm³/mol. The first kappa shape index (κ1) is 20.4. The molecule has 0 aromatic heterocycles. The Kier molecular flexibility index (Phi) is 6.07. The molecule has 2 aromatic rings. The van der Waals surface area contributed by atoms with Gasteiger partial charge in [0.2, 0.25) is 0 Å². The maximum absolute atomic E-state index is 12.9. The van der Waals surface area contributed by atoms with E-state index in [1.54, 1.807) is 25.2 Å². The lowest BCUT2D eigenvalue weighted by Gasteiger charge is -2.26. The Labute approximate surface area is 165 Å². The zero-order chi connectivity index (χ0) is 20.3. The normalized spacial score (nSPS) is 16.9. The fourth-order valence-electron chi connectivity index (χ4n) is 3.38. The van der Waals surface area contributed by atoms with Gasteiger partial charge in [-0.15, -0.1) is 0 Å². The van der Waals surface area contributed by atoms with E-state index >= 15 is 0 Å². The Morgan fingerprint density at radius 1 is 1.07 bits per heavy atom. The van der Waals surface area contributed by atoms with Crippen molar-refractivity contribution < 1.29 is 27.4 Å². The maximum atomic E-state index is 12.9. The van der Waals surface area contributed by atoms with Crippen molar-refractivity contribution in [1.29, 1.82) is 0 Å². The Balaban J connectivity index is 1.80. The summed E-state index contributed by atoms with van der Waals surface area (Å²) in [5, 5.41) is 0. The molecule has 1 amide bonds. The number of thioether (sulfide) groups is 1. The molecule has 0 bridgehead atoms. The van der Waals surface area contributed by atoms with E-state index < -0.39 is 5.51 Å². The molecule has 1 saturated heterocycles. The number of ether oxygens (including phenoxy) is 2. The molecule has 4 nitrogen and oxygen atoms in total. The highest BCUT2D eigenvalue weighted by Gasteiger charge is 2.32. The number of likely N-dealkylation sites (tertiary alicyclic amines) is 1. The quantitative estimate of drug-likeness (QED) is 0.627. The van der Waals surface area contributed by atoms with Gasteiger partial charge in [-0.3, -0.25) is 4.79 Å². The average molecular weight is 411 g/mol. The molecule has 1 atom stereocenters. The summed E-state index contributed by atoms with van der Waals surface area (Å²) >= 11 is -0.192. The minimum Gasteiger partial charge on any atom is -0.493 e. The molecule has 0 radical (unpaired) electrons. The molecule has 1 unspecified atom stereocenters. The van der Waals surface area contributed by atoms with Crippen molar-refractivity contribution >= 4 is 17.7 Å². The van der Waals surface area contributed by atoms with Crippen molar-refractivity contribution in [3.63, 3.8) is 0 Å². The second-order valence-electron chi connectivity index (χ2n) is 6.34. The first-order valence-electron chi connectivity index (χ1n) is 8.71. The Morgan fingerprint density at radius 2 is 1.75 bits per heavy atom. The van der Waals surface area contributed by atoms with Gasteiger partial charge < -0.3 is 14.4 Å². The number of alkyl halides is 3. The second-order valence-corrected chi connectivity index (χ2v) is 7.48. The van der Waals surface area contributed by atoms with Crippen molar-refractivity contribution in [3.05, 3.63) is 53.6 Å². The van der Waals surface area contributed by atoms with Crippen LogP contribution in [0.4, 0.5) is 13.2 Å². The third kappa shape index (κ3) is 4.55. The molecule has 1 fully saturated rings. The summed E-state index contributed by atoms with van der Waals surface area (Å²) in [6, 6.07) is 11.0. The van der Waals surface area contributed by atoms with Gasteiger partial charge in [-0.2, -0.15) is 13.2 Å². The summed E-state index contributed by atoms with van der Waals surface area (Å²) in [6.07, 6.45) is 1.66. The molecule has 1 aliphatic heterocycles. The van der Waals surface area contributed by atoms with E-state index in [-0.39, 0.29) is 28.6 Å². The van der Waals surface area contributed by atoms with Gasteiger partial charge in [-0.25, -0.2) is 0 Å². The maximum Gasteiger partial charge on any atom is 0.446 e. The van der Waals surface area contributed by atoms with Gasteiger partial charge >= 0.3 is 5.51 Å². The van der Waals surface area contributed by atoms with Crippen LogP contribution in [0.2, 0.25) is 0 Å². The zero-order valence-electron chi connectivity index (χ0n) is 15.5. The molecule has 0 aliphatic carbocycles. The van der Waals surface area contributed by atoms with E-state index in [9.17, 15) is 18.0 Å². The molecular weight excluding hydrogens is 391 g/mol. The zero-order valence-corrected chi connectivity index (χ0v) is 16.3. The highest BCUT2D eigenvalue weighted by Crippen LogP contribution is 2.39. The number of benzene rings is 2. The van der Waals surface area contributed by atoms with Crippen LogP contribution in [0, 0.1) is 0 Å². The van der Waals surface area contributed by atoms with Crippen LogP contribution in [-0.4, -0.2) is 37.1 Å². The summed E-state index contributed by atoms with van der Waals surface area (Å²) in [4.78, 5) is 14.8. The summed E-state index contributed by atoms with van der Waals surface area (Å²) < 4.78 is 48.0. The van der Waals surface area contributed by atoms with Crippen LogP contribution >= 0.6 is 11.8 Å². The van der Waals surface area contributed by atoms with Gasteiger partial charge in [0.1, 0.15) is 0 Å². The summed E-state index contributed by atoms with van der Waals surface area (Å²) in [7, 11) is 3.11. The molecule has 3 rings (SSSR count). The second kappa shape index (κ2) is 8.34. The number of carbonyl (C=O) groups excluding carboxylic acids is 1. The number of nitrogens with zero attached hydrogens (tertiary/aromatic N) is 1. The summed E-state index contributed by atoms with van der Waals surface area (Å²) in [6.45, 7) is 0.594. The van der Waals surface area contributed by atoms with Crippen molar-refractivity contribution in [3.8, 4) is 11.5 Å². The SMILES string of the molecule is COc1ccc(C2CCCN2C(=O)c2ccc(SC(F)(F)F)cc2)cc1OC. The molecule has 0 spiro atoms. The van der Waals surface area contributed by atoms with E-state index in [1.165, 1.54) is 24.3 Å². The molecular formula is C20H20F3NO3S. The van der Waals surface area contributed by atoms with Gasteiger partial charge in [0.05, 0.1) is 20.3 Å². The molecule has 28 heavy (non-hydrogen) atoms. The summed E-state index contributed by atoms with van der Waals surface area (Å²) in [5.41, 5.74) is -3.04. The van der Waals surface area contributed by atoms with Gasteiger partial charge in [0, 0.05) is 17.0 Å². The molecule has 1 aliphatic rings. The third-order valence-corrected chi connectivity index (χ3v) is 5.38. The molecule has 8 heteroatoms. The van der Waals surface area contributed by atoms with E-state index in [4.69, 9.17) is 9.47 Å². The number of amides is 1. The molecule has 0 saturated carbocycles. The van der Waals surface area contributed by atoms with E-state index in [0.29, 0.717) is 23.6 Å². The largest absolute Gasteiger partial charge is 0.493 e. The van der Waals surface area contributed by atoms with Crippen LogP contribution in [-0.2, 0) is 0 Å². The number of halogens is 3. The Hall–Kier alpha value is -2.35. The van der Waals surface area contributed by atoms with Crippen LogP contribution in [0.15, 0.2) is 47.4 Å². The monoisotopic (exact) mass is 411 g/mol. The van der Waals surface area contributed by atoms with Crippen molar-refractivity contribution in [2.75, 3.05) is 20.8 Å². The number of hydrogen-bond acceptors (Lipinski definition) is 4. The van der Waals surface area contributed by atoms with Gasteiger partial charge in [-0.1, -0.05) is 6.07 Å².